The number of nitrogens with zero attached hydrogens (tertiary/aromatic N) is 3. The third-order valence-corrected chi connectivity index (χ3v) is 5.86. The maximum absolute atomic E-state index is 13.3. The number of hydrogen-bond donors (Lipinski definition) is 2. The smallest absolute Gasteiger partial charge is 0.443 e. The fourth-order valence-electron chi connectivity index (χ4n) is 4.09. The van der Waals surface area contributed by atoms with Gasteiger partial charge in [0, 0.05) is 18.1 Å². The number of benzene rings is 1. The van der Waals surface area contributed by atoms with Crippen LogP contribution in [-0.4, -0.2) is 51.1 Å². The summed E-state index contributed by atoms with van der Waals surface area (Å²) in [6.45, 7) is 6.47. The highest BCUT2D eigenvalue weighted by atomic mass is 16.7. The van der Waals surface area contributed by atoms with E-state index >= 15 is 0 Å². The zero-order chi connectivity index (χ0) is 28.9. The molecule has 1 aliphatic rings. The van der Waals surface area contributed by atoms with Gasteiger partial charge in [0.25, 0.3) is 11.6 Å². The minimum Gasteiger partial charge on any atom is -0.443 e. The summed E-state index contributed by atoms with van der Waals surface area (Å²) in [4.78, 5) is 53.4. The Labute approximate surface area is 224 Å². The van der Waals surface area contributed by atoms with Crippen molar-refractivity contribution in [2.75, 3.05) is 6.61 Å². The number of aryl methyl sites for hydroxylation is 2. The average Bonchev–Trinajstić information content (AvgIpc) is 3.02. The molecule has 13 heteroatoms. The van der Waals surface area contributed by atoms with Crippen LogP contribution in [0.5, 0.6) is 5.75 Å². The fourth-order valence-corrected chi connectivity index (χ4v) is 4.09. The molecule has 0 saturated heterocycles. The topological polar surface area (TPSA) is 188 Å². The lowest BCUT2D eigenvalue weighted by Gasteiger charge is -2.25. The zero-order valence-corrected chi connectivity index (χ0v) is 22.2. The molecule has 208 valence electrons. The van der Waals surface area contributed by atoms with Crippen LogP contribution >= 0.6 is 0 Å². The van der Waals surface area contributed by atoms with Crippen LogP contribution in [0.25, 0.3) is 0 Å². The summed E-state index contributed by atoms with van der Waals surface area (Å²) in [7, 11) is 0. The largest absolute Gasteiger partial charge is 0.513 e. The summed E-state index contributed by atoms with van der Waals surface area (Å²) in [5.74, 6) is -1.77. The number of amides is 2. The molecule has 3 rings (SSSR count). The molecule has 0 fully saturated rings. The molecule has 1 unspecified atom stereocenters. The molecule has 1 aromatic heterocycles. The van der Waals surface area contributed by atoms with Crippen molar-refractivity contribution in [3.63, 3.8) is 0 Å². The molecule has 39 heavy (non-hydrogen) atoms. The summed E-state index contributed by atoms with van der Waals surface area (Å²) >= 11 is 0. The van der Waals surface area contributed by atoms with E-state index < -0.39 is 34.6 Å². The summed E-state index contributed by atoms with van der Waals surface area (Å²) < 4.78 is 15.7. The summed E-state index contributed by atoms with van der Waals surface area (Å²) in [5.41, 5.74) is 6.35. The predicted molar refractivity (Wildman–Crippen MR) is 139 cm³/mol. The number of nitrogens with one attached hydrogen (secondary N) is 1. The molecular formula is C26H31N5O8. The number of ether oxygens (including phenoxy) is 3. The van der Waals surface area contributed by atoms with Gasteiger partial charge in [0.15, 0.2) is 0 Å². The first-order valence-electron chi connectivity index (χ1n) is 12.3. The number of nitrogens with two attached hydrogens (primary N) is 1. The second-order valence-corrected chi connectivity index (χ2v) is 10.0. The lowest BCUT2D eigenvalue weighted by atomic mass is 9.96. The van der Waals surface area contributed by atoms with Crippen molar-refractivity contribution in [1.29, 1.82) is 5.41 Å². The molecule has 0 spiro atoms. The number of nitro benzene ring substituents is 1. The van der Waals surface area contributed by atoms with Crippen molar-refractivity contribution in [2.45, 2.75) is 64.9 Å². The van der Waals surface area contributed by atoms with Crippen molar-refractivity contribution in [3.8, 4) is 5.75 Å². The number of guanidine groups is 1. The van der Waals surface area contributed by atoms with Crippen LogP contribution in [0.1, 0.15) is 73.3 Å². The Morgan fingerprint density at radius 1 is 1.21 bits per heavy atom. The molecule has 0 radical (unpaired) electrons. The fraction of sp³-hybridized carbons (Fsp3) is 0.423. The first-order valence-corrected chi connectivity index (χ1v) is 12.3. The van der Waals surface area contributed by atoms with E-state index in [0.717, 1.165) is 18.4 Å². The quantitative estimate of drug-likeness (QED) is 0.103. The van der Waals surface area contributed by atoms with E-state index in [4.69, 9.17) is 25.4 Å². The Kier molecular flexibility index (Phi) is 8.84. The van der Waals surface area contributed by atoms with Gasteiger partial charge in [0.2, 0.25) is 5.96 Å². The first kappa shape index (κ1) is 29.0. The van der Waals surface area contributed by atoms with Crippen molar-refractivity contribution < 1.29 is 33.5 Å². The molecule has 0 aliphatic heterocycles. The van der Waals surface area contributed by atoms with Gasteiger partial charge in [-0.3, -0.25) is 25.3 Å². The van der Waals surface area contributed by atoms with Gasteiger partial charge in [-0.25, -0.2) is 9.59 Å². The Bertz CT molecular complexity index is 1290. The Morgan fingerprint density at radius 3 is 2.46 bits per heavy atom. The number of hydrogen-bond acceptors (Lipinski definition) is 10. The van der Waals surface area contributed by atoms with E-state index in [-0.39, 0.29) is 29.5 Å². The van der Waals surface area contributed by atoms with Crippen LogP contribution in [0.3, 0.4) is 0 Å². The lowest BCUT2D eigenvalue weighted by molar-refractivity contribution is -0.384. The molecule has 1 atom stereocenters. The molecule has 13 nitrogen and oxygen atoms in total. The summed E-state index contributed by atoms with van der Waals surface area (Å²) in [6.07, 6.45) is 0.882. The van der Waals surface area contributed by atoms with Crippen LogP contribution in [0.4, 0.5) is 15.3 Å². The standard InChI is InChI=1S/C26H31N5O8/c1-15-20(22(32)30(23(27)28)24(33)39-26(2,3)4)13-16-7-5-6-8-17(21(16)29-15)14-37-25(34)38-19-11-9-18(10-12-19)31(35)36/h9-13,17H,5-8,14H2,1-4H3,(H3,27,28). The summed E-state index contributed by atoms with van der Waals surface area (Å²) in [6, 6.07) is 6.65. The molecule has 3 N–H and O–H groups in total. The van der Waals surface area contributed by atoms with E-state index in [1.165, 1.54) is 24.3 Å². The van der Waals surface area contributed by atoms with Crippen LogP contribution in [0.15, 0.2) is 30.3 Å². The van der Waals surface area contributed by atoms with Gasteiger partial charge in [0.1, 0.15) is 18.0 Å². The molecule has 2 amide bonds. The molecule has 1 aliphatic carbocycles. The third-order valence-electron chi connectivity index (χ3n) is 5.86. The first-order chi connectivity index (χ1) is 18.3. The minimum absolute atomic E-state index is 0.0317. The molecule has 1 aromatic carbocycles. The second-order valence-electron chi connectivity index (χ2n) is 10.0. The van der Waals surface area contributed by atoms with Crippen molar-refractivity contribution >= 4 is 29.8 Å². The number of imide groups is 1. The molecule has 1 heterocycles. The maximum Gasteiger partial charge on any atom is 0.513 e. The molecule has 0 saturated carbocycles. The molecule has 2 aromatic rings. The zero-order valence-electron chi connectivity index (χ0n) is 22.2. The average molecular weight is 542 g/mol. The Morgan fingerprint density at radius 2 is 1.87 bits per heavy atom. The van der Waals surface area contributed by atoms with Gasteiger partial charge in [-0.05, 0) is 70.7 Å². The van der Waals surface area contributed by atoms with Crippen LogP contribution in [-0.2, 0) is 15.9 Å². The lowest BCUT2D eigenvalue weighted by Crippen LogP contribution is -2.48. The van der Waals surface area contributed by atoms with Gasteiger partial charge >= 0.3 is 12.2 Å². The van der Waals surface area contributed by atoms with Crippen LogP contribution < -0.4 is 10.5 Å². The Balaban J connectivity index is 1.77. The minimum atomic E-state index is -1.06. The Hall–Kier alpha value is -4.55. The van der Waals surface area contributed by atoms with Gasteiger partial charge in [0.05, 0.1) is 21.9 Å². The number of fused-ring (bicyclic) bond motifs is 1. The third kappa shape index (κ3) is 7.49. The number of rotatable bonds is 5. The van der Waals surface area contributed by atoms with Crippen LogP contribution in [0, 0.1) is 22.4 Å². The highest BCUT2D eigenvalue weighted by Crippen LogP contribution is 2.31. The van der Waals surface area contributed by atoms with Gasteiger partial charge < -0.3 is 19.9 Å². The predicted octanol–water partition coefficient (Wildman–Crippen LogP) is 4.59. The molecular weight excluding hydrogens is 510 g/mol. The van der Waals surface area contributed by atoms with Gasteiger partial charge in [-0.1, -0.05) is 6.42 Å². The number of carbonyl (C=O) groups is 3. The number of carbonyl (C=O) groups excluding carboxylic acids is 3. The normalized spacial score (nSPS) is 14.8. The van der Waals surface area contributed by atoms with E-state index in [2.05, 4.69) is 4.98 Å². The van der Waals surface area contributed by atoms with Crippen molar-refractivity contribution in [3.05, 3.63) is 63.0 Å². The second kappa shape index (κ2) is 11.9. The van der Waals surface area contributed by atoms with Crippen molar-refractivity contribution in [1.82, 2.24) is 9.88 Å². The SMILES string of the molecule is Cc1nc2c(cc1C(=O)N(C(=N)N)C(=O)OC(C)(C)C)CCCCC2COC(=O)Oc1ccc([N+](=O)[O-])cc1. The number of aromatic nitrogens is 1. The van der Waals surface area contributed by atoms with Crippen molar-refractivity contribution in [2.24, 2.45) is 5.73 Å². The van der Waals surface area contributed by atoms with Crippen LogP contribution in [0.2, 0.25) is 0 Å². The van der Waals surface area contributed by atoms with E-state index in [1.54, 1.807) is 33.8 Å². The maximum atomic E-state index is 13.3. The molecule has 0 bridgehead atoms. The number of nitro groups is 1. The highest BCUT2D eigenvalue weighted by molar-refractivity contribution is 6.15. The number of pyridine rings is 1. The van der Waals surface area contributed by atoms with E-state index in [1.807, 2.05) is 0 Å². The van der Waals surface area contributed by atoms with Gasteiger partial charge in [-0.2, -0.15) is 4.90 Å². The van der Waals surface area contributed by atoms with Gasteiger partial charge in [-0.15, -0.1) is 0 Å². The monoisotopic (exact) mass is 541 g/mol. The van der Waals surface area contributed by atoms with E-state index in [0.29, 0.717) is 29.1 Å². The summed E-state index contributed by atoms with van der Waals surface area (Å²) in [5, 5.41) is 18.5. The highest BCUT2D eigenvalue weighted by Gasteiger charge is 2.33. The van der Waals surface area contributed by atoms with E-state index in [9.17, 15) is 24.5 Å². The number of non-ortho nitro benzene ring substituents is 1.